The number of hydrogen-bond acceptors (Lipinski definition) is 0. The Hall–Kier alpha value is -7.80. The van der Waals surface area contributed by atoms with Crippen molar-refractivity contribution in [1.82, 2.24) is 0 Å². The molecule has 0 saturated heterocycles. The maximum Gasteiger partial charge on any atom is 0.0731 e. The van der Waals surface area contributed by atoms with Crippen molar-refractivity contribution in [2.24, 2.45) is 0 Å². The average molecular weight is 799 g/mol. The summed E-state index contributed by atoms with van der Waals surface area (Å²) in [5.74, 6) is 0. The SMILES string of the molecule is C=Cc1c2c(c3ccc(-c4ccc(-c5c6ccccc6c(-c6ccccc6)c6ccccc56)cc4)cc3c1C=C)C1(c3ccccc3-c3ccccc31)c1ccc3c(c1-2)C=CCC3. The second-order valence-corrected chi connectivity index (χ2v) is 17.4. The highest BCUT2D eigenvalue weighted by atomic mass is 14.5. The van der Waals surface area contributed by atoms with E-state index < -0.39 is 5.41 Å². The Morgan fingerprint density at radius 3 is 1.56 bits per heavy atom. The van der Waals surface area contributed by atoms with Crippen molar-refractivity contribution in [2.75, 3.05) is 0 Å². The minimum Gasteiger partial charge on any atom is -0.0984 e. The monoisotopic (exact) mass is 798 g/mol. The molecule has 0 aromatic heterocycles. The van der Waals surface area contributed by atoms with Crippen LogP contribution in [-0.2, 0) is 11.8 Å². The van der Waals surface area contributed by atoms with Gasteiger partial charge in [0, 0.05) is 0 Å². The fourth-order valence-electron chi connectivity index (χ4n) is 12.0. The highest BCUT2D eigenvalue weighted by Gasteiger charge is 2.54. The molecule has 0 unspecified atom stereocenters. The van der Waals surface area contributed by atoms with Gasteiger partial charge in [-0.25, -0.2) is 0 Å². The van der Waals surface area contributed by atoms with Gasteiger partial charge in [-0.15, -0.1) is 0 Å². The average Bonchev–Trinajstić information content (AvgIpc) is 3.83. The molecule has 0 saturated carbocycles. The van der Waals surface area contributed by atoms with Gasteiger partial charge in [0.1, 0.15) is 0 Å². The summed E-state index contributed by atoms with van der Waals surface area (Å²) in [4.78, 5) is 0. The molecule has 0 bridgehead atoms. The maximum absolute atomic E-state index is 4.53. The fraction of sp³-hybridized carbons (Fsp3) is 0.0476. The second kappa shape index (κ2) is 13.6. The first kappa shape index (κ1) is 35.9. The molecule has 0 radical (unpaired) electrons. The topological polar surface area (TPSA) is 0 Å². The van der Waals surface area contributed by atoms with Gasteiger partial charge in [0.15, 0.2) is 0 Å². The smallest absolute Gasteiger partial charge is 0.0731 e. The summed E-state index contributed by atoms with van der Waals surface area (Å²) in [6.07, 6.45) is 11.0. The van der Waals surface area contributed by atoms with E-state index in [1.807, 2.05) is 0 Å². The lowest BCUT2D eigenvalue weighted by molar-refractivity contribution is 0.799. The van der Waals surface area contributed by atoms with Crippen LogP contribution in [0.4, 0.5) is 0 Å². The van der Waals surface area contributed by atoms with Crippen LogP contribution in [0, 0.1) is 0 Å². The molecule has 10 aromatic carbocycles. The van der Waals surface area contributed by atoms with Crippen LogP contribution in [0.15, 0.2) is 201 Å². The first-order valence-corrected chi connectivity index (χ1v) is 22.2. The van der Waals surface area contributed by atoms with Crippen LogP contribution in [0.5, 0.6) is 0 Å². The highest BCUT2D eigenvalue weighted by Crippen LogP contribution is 2.66. The zero-order valence-corrected chi connectivity index (χ0v) is 35.0. The van der Waals surface area contributed by atoms with Gasteiger partial charge in [-0.3, -0.25) is 0 Å². The lowest BCUT2D eigenvalue weighted by atomic mass is 9.68. The summed E-state index contributed by atoms with van der Waals surface area (Å²) in [5, 5.41) is 7.52. The summed E-state index contributed by atoms with van der Waals surface area (Å²) >= 11 is 0. The first-order chi connectivity index (χ1) is 31.2. The first-order valence-electron chi connectivity index (χ1n) is 22.2. The van der Waals surface area contributed by atoms with E-state index in [1.54, 1.807) is 0 Å². The van der Waals surface area contributed by atoms with E-state index in [2.05, 4.69) is 219 Å². The number of rotatable bonds is 5. The number of benzene rings is 10. The molecule has 0 nitrogen and oxygen atoms in total. The molecule has 63 heavy (non-hydrogen) atoms. The molecule has 0 heteroatoms. The van der Waals surface area contributed by atoms with E-state index >= 15 is 0 Å². The molecule has 0 fully saturated rings. The Morgan fingerprint density at radius 2 is 0.937 bits per heavy atom. The zero-order valence-electron chi connectivity index (χ0n) is 35.0. The van der Waals surface area contributed by atoms with Crippen molar-refractivity contribution in [3.05, 3.63) is 246 Å². The molecule has 0 heterocycles. The molecule has 13 rings (SSSR count). The van der Waals surface area contributed by atoms with Gasteiger partial charge in [-0.05, 0) is 151 Å². The van der Waals surface area contributed by atoms with Crippen LogP contribution in [0.2, 0.25) is 0 Å². The quantitative estimate of drug-likeness (QED) is 0.152. The molecule has 0 aliphatic heterocycles. The van der Waals surface area contributed by atoms with Crippen LogP contribution in [-0.4, -0.2) is 0 Å². The molecule has 3 aliphatic carbocycles. The summed E-state index contributed by atoms with van der Waals surface area (Å²) in [5.41, 5.74) is 22.6. The van der Waals surface area contributed by atoms with Crippen LogP contribution in [0.1, 0.15) is 50.9 Å². The molecule has 0 amide bonds. The van der Waals surface area contributed by atoms with Crippen molar-refractivity contribution in [3.8, 4) is 55.6 Å². The maximum atomic E-state index is 4.53. The molecule has 1 spiro atoms. The van der Waals surface area contributed by atoms with E-state index in [0.717, 1.165) is 24.0 Å². The Balaban J connectivity index is 1.04. The van der Waals surface area contributed by atoms with E-state index in [-0.39, 0.29) is 0 Å². The summed E-state index contributed by atoms with van der Waals surface area (Å²) < 4.78 is 0. The lowest BCUT2D eigenvalue weighted by Gasteiger charge is -2.32. The Kier molecular flexibility index (Phi) is 7.75. The minimum absolute atomic E-state index is 0.487. The van der Waals surface area contributed by atoms with E-state index in [0.29, 0.717) is 0 Å². The van der Waals surface area contributed by atoms with Crippen LogP contribution >= 0.6 is 0 Å². The molecule has 10 aromatic rings. The minimum atomic E-state index is -0.487. The van der Waals surface area contributed by atoms with Gasteiger partial charge in [0.2, 0.25) is 0 Å². The fourth-order valence-corrected chi connectivity index (χ4v) is 12.0. The Bertz CT molecular complexity index is 3530. The highest BCUT2D eigenvalue weighted by molar-refractivity contribution is 6.21. The van der Waals surface area contributed by atoms with E-state index in [4.69, 9.17) is 0 Å². The third-order valence-corrected chi connectivity index (χ3v) is 14.5. The van der Waals surface area contributed by atoms with Gasteiger partial charge in [0.25, 0.3) is 0 Å². The van der Waals surface area contributed by atoms with Crippen molar-refractivity contribution >= 4 is 50.5 Å². The van der Waals surface area contributed by atoms with E-state index in [1.165, 1.54) is 121 Å². The Labute approximate surface area is 368 Å². The number of aryl methyl sites for hydroxylation is 1. The van der Waals surface area contributed by atoms with Gasteiger partial charge < -0.3 is 0 Å². The normalized spacial score (nSPS) is 13.8. The molecular formula is C63H42. The van der Waals surface area contributed by atoms with Gasteiger partial charge in [-0.1, -0.05) is 213 Å². The number of allylic oxidation sites excluding steroid dienone is 1. The second-order valence-electron chi connectivity index (χ2n) is 17.4. The zero-order chi connectivity index (χ0) is 41.8. The predicted molar refractivity (Wildman–Crippen MR) is 269 cm³/mol. The van der Waals surface area contributed by atoms with Gasteiger partial charge in [-0.2, -0.15) is 0 Å². The van der Waals surface area contributed by atoms with Crippen molar-refractivity contribution in [3.63, 3.8) is 0 Å². The molecular weight excluding hydrogens is 757 g/mol. The van der Waals surface area contributed by atoms with Crippen LogP contribution in [0.25, 0.3) is 106 Å². The van der Waals surface area contributed by atoms with E-state index in [9.17, 15) is 0 Å². The molecule has 0 N–H and O–H groups in total. The van der Waals surface area contributed by atoms with Crippen LogP contribution < -0.4 is 0 Å². The standard InChI is InChI=1S/C63H42/c1-3-44-45(4-2)61-60-46-21-9-8-18-40(46)35-37-57(60)63(55-28-16-14-22-47(55)48-23-15-17-29-56(48)63)62(61)53-36-34-43(38-54(44)53)39-30-32-42(33-31-39)59-51-26-12-10-24-49(51)58(41-19-6-5-7-20-41)50-25-11-13-27-52(50)59/h3-7,9-17,19-38H,1-2,8,18H2. The third kappa shape index (κ3) is 4.81. The number of fused-ring (bicyclic) bond motifs is 16. The molecule has 294 valence electrons. The Morgan fingerprint density at radius 1 is 0.397 bits per heavy atom. The number of hydrogen-bond donors (Lipinski definition) is 0. The largest absolute Gasteiger partial charge is 0.0984 e. The summed E-state index contributed by atoms with van der Waals surface area (Å²) in [7, 11) is 0. The van der Waals surface area contributed by atoms with Gasteiger partial charge >= 0.3 is 0 Å². The predicted octanol–water partition coefficient (Wildman–Crippen LogP) is 16.7. The molecule has 0 atom stereocenters. The third-order valence-electron chi connectivity index (χ3n) is 14.5. The van der Waals surface area contributed by atoms with Crippen molar-refractivity contribution in [2.45, 2.75) is 18.3 Å². The summed E-state index contributed by atoms with van der Waals surface area (Å²) in [6, 6.07) is 68.1. The summed E-state index contributed by atoms with van der Waals surface area (Å²) in [6.45, 7) is 9.01. The lowest BCUT2D eigenvalue weighted by Crippen LogP contribution is -2.26. The van der Waals surface area contributed by atoms with Crippen LogP contribution in [0.3, 0.4) is 0 Å². The van der Waals surface area contributed by atoms with Gasteiger partial charge in [0.05, 0.1) is 5.41 Å². The molecule has 3 aliphatic rings. The van der Waals surface area contributed by atoms with Crippen molar-refractivity contribution in [1.29, 1.82) is 0 Å². The van der Waals surface area contributed by atoms with Crippen molar-refractivity contribution < 1.29 is 0 Å².